The van der Waals surface area contributed by atoms with Crippen molar-refractivity contribution in [3.05, 3.63) is 30.1 Å². The van der Waals surface area contributed by atoms with Crippen LogP contribution in [0.4, 0.5) is 0 Å². The van der Waals surface area contributed by atoms with Crippen molar-refractivity contribution in [1.29, 1.82) is 0 Å². The number of benzene rings is 1. The molecule has 3 rings (SSSR count). The molecule has 1 atom stereocenters. The van der Waals surface area contributed by atoms with Gasteiger partial charge in [-0.05, 0) is 37.6 Å². The molecule has 4 heteroatoms. The van der Waals surface area contributed by atoms with E-state index < -0.39 is 0 Å². The van der Waals surface area contributed by atoms with Gasteiger partial charge in [-0.1, -0.05) is 12.5 Å². The highest BCUT2D eigenvalue weighted by molar-refractivity contribution is 5.75. The molecule has 0 amide bonds. The van der Waals surface area contributed by atoms with Gasteiger partial charge in [-0.2, -0.15) is 0 Å². The SMILES string of the molecule is CNC(c1ccc2nc[nH]c2c1)C1(CO)CCC1. The van der Waals surface area contributed by atoms with Crippen molar-refractivity contribution in [3.8, 4) is 0 Å². The summed E-state index contributed by atoms with van der Waals surface area (Å²) in [6.07, 6.45) is 5.12. The molecule has 4 nitrogen and oxygen atoms in total. The first-order valence-corrected chi connectivity index (χ1v) is 6.50. The first kappa shape index (κ1) is 11.7. The summed E-state index contributed by atoms with van der Waals surface area (Å²) in [5, 5.41) is 13.1. The second kappa shape index (κ2) is 4.37. The lowest BCUT2D eigenvalue weighted by Crippen LogP contribution is -2.44. The highest BCUT2D eigenvalue weighted by atomic mass is 16.3. The zero-order valence-corrected chi connectivity index (χ0v) is 10.6. The molecule has 1 aromatic heterocycles. The average molecular weight is 245 g/mol. The lowest BCUT2D eigenvalue weighted by molar-refractivity contribution is 0.00787. The van der Waals surface area contributed by atoms with Gasteiger partial charge < -0.3 is 15.4 Å². The standard InChI is InChI=1S/C14H19N3O/c1-15-13(14(8-18)5-2-6-14)10-3-4-11-12(7-10)17-9-16-11/h3-4,7,9,13,15,18H,2,5-6,8H2,1H3,(H,16,17). The molecule has 1 aromatic carbocycles. The van der Waals surface area contributed by atoms with Gasteiger partial charge in [0.1, 0.15) is 0 Å². The average Bonchev–Trinajstić information content (AvgIpc) is 2.80. The summed E-state index contributed by atoms with van der Waals surface area (Å²) in [7, 11) is 1.97. The molecule has 96 valence electrons. The number of imidazole rings is 1. The Labute approximate surface area is 106 Å². The number of nitrogens with one attached hydrogen (secondary N) is 2. The van der Waals surface area contributed by atoms with Crippen LogP contribution in [0.1, 0.15) is 30.9 Å². The predicted octanol–water partition coefficient (Wildman–Crippen LogP) is 1.99. The molecule has 3 N–H and O–H groups in total. The van der Waals surface area contributed by atoms with Crippen molar-refractivity contribution < 1.29 is 5.11 Å². The van der Waals surface area contributed by atoms with Gasteiger partial charge in [-0.3, -0.25) is 0 Å². The summed E-state index contributed by atoms with van der Waals surface area (Å²) in [6.45, 7) is 0.250. The first-order chi connectivity index (χ1) is 8.79. The first-order valence-electron chi connectivity index (χ1n) is 6.50. The van der Waals surface area contributed by atoms with Gasteiger partial charge in [0, 0.05) is 11.5 Å². The fourth-order valence-electron chi connectivity index (χ4n) is 3.13. The number of hydrogen-bond acceptors (Lipinski definition) is 3. The van der Waals surface area contributed by atoms with Gasteiger partial charge in [-0.25, -0.2) is 4.98 Å². The van der Waals surface area contributed by atoms with Crippen molar-refractivity contribution in [2.45, 2.75) is 25.3 Å². The van der Waals surface area contributed by atoms with Crippen LogP contribution in [-0.4, -0.2) is 28.7 Å². The monoisotopic (exact) mass is 245 g/mol. The fourth-order valence-corrected chi connectivity index (χ4v) is 3.13. The number of fused-ring (bicyclic) bond motifs is 1. The summed E-state index contributed by atoms with van der Waals surface area (Å²) < 4.78 is 0. The van der Waals surface area contributed by atoms with E-state index in [2.05, 4.69) is 27.4 Å². The van der Waals surface area contributed by atoms with Crippen molar-refractivity contribution in [2.75, 3.05) is 13.7 Å². The summed E-state index contributed by atoms with van der Waals surface area (Å²) in [5.74, 6) is 0. The predicted molar refractivity (Wildman–Crippen MR) is 71.3 cm³/mol. The third-order valence-corrected chi connectivity index (χ3v) is 4.34. The minimum Gasteiger partial charge on any atom is -0.396 e. The Bertz CT molecular complexity index is 539. The van der Waals surface area contributed by atoms with E-state index >= 15 is 0 Å². The van der Waals surface area contributed by atoms with E-state index in [1.54, 1.807) is 6.33 Å². The molecule has 0 spiro atoms. The Morgan fingerprint density at radius 2 is 2.33 bits per heavy atom. The Morgan fingerprint density at radius 3 is 2.94 bits per heavy atom. The van der Waals surface area contributed by atoms with Gasteiger partial charge in [0.2, 0.25) is 0 Å². The van der Waals surface area contributed by atoms with E-state index in [1.807, 2.05) is 13.1 Å². The lowest BCUT2D eigenvalue weighted by Gasteiger charge is -2.46. The van der Waals surface area contributed by atoms with Crippen LogP contribution < -0.4 is 5.32 Å². The van der Waals surface area contributed by atoms with Crippen LogP contribution in [0.3, 0.4) is 0 Å². The third-order valence-electron chi connectivity index (χ3n) is 4.34. The second-order valence-corrected chi connectivity index (χ2v) is 5.27. The molecular weight excluding hydrogens is 226 g/mol. The molecule has 0 saturated heterocycles. The maximum absolute atomic E-state index is 9.71. The largest absolute Gasteiger partial charge is 0.396 e. The van der Waals surface area contributed by atoms with E-state index in [0.717, 1.165) is 23.9 Å². The van der Waals surface area contributed by atoms with Crippen LogP contribution >= 0.6 is 0 Å². The van der Waals surface area contributed by atoms with Crippen molar-refractivity contribution >= 4 is 11.0 Å². The lowest BCUT2D eigenvalue weighted by atomic mass is 9.63. The maximum Gasteiger partial charge on any atom is 0.0931 e. The molecule has 1 aliphatic rings. The number of rotatable bonds is 4. The molecule has 1 fully saturated rings. The molecule has 1 saturated carbocycles. The maximum atomic E-state index is 9.71. The molecule has 1 aliphatic carbocycles. The number of aliphatic hydroxyl groups is 1. The molecular formula is C14H19N3O. The molecule has 1 heterocycles. The Kier molecular flexibility index (Phi) is 2.84. The van der Waals surface area contributed by atoms with Gasteiger partial charge in [0.15, 0.2) is 0 Å². The highest BCUT2D eigenvalue weighted by Gasteiger charge is 2.43. The number of aliphatic hydroxyl groups excluding tert-OH is 1. The number of aromatic nitrogens is 2. The Balaban J connectivity index is 1.99. The van der Waals surface area contributed by atoms with E-state index in [4.69, 9.17) is 0 Å². The van der Waals surface area contributed by atoms with Crippen molar-refractivity contribution in [2.24, 2.45) is 5.41 Å². The number of aromatic amines is 1. The minimum absolute atomic E-state index is 0.0163. The van der Waals surface area contributed by atoms with Crippen LogP contribution in [0.2, 0.25) is 0 Å². The summed E-state index contributed by atoms with van der Waals surface area (Å²) in [5.41, 5.74) is 3.28. The summed E-state index contributed by atoms with van der Waals surface area (Å²) in [6, 6.07) is 6.50. The molecule has 0 radical (unpaired) electrons. The second-order valence-electron chi connectivity index (χ2n) is 5.27. The molecule has 0 aliphatic heterocycles. The van der Waals surface area contributed by atoms with Crippen LogP contribution in [0.5, 0.6) is 0 Å². The van der Waals surface area contributed by atoms with Gasteiger partial charge in [0.05, 0.1) is 24.0 Å². The molecule has 1 unspecified atom stereocenters. The van der Waals surface area contributed by atoms with Crippen LogP contribution in [0.15, 0.2) is 24.5 Å². The van der Waals surface area contributed by atoms with Crippen molar-refractivity contribution in [3.63, 3.8) is 0 Å². The van der Waals surface area contributed by atoms with E-state index in [0.29, 0.717) is 0 Å². The number of nitrogens with zero attached hydrogens (tertiary/aromatic N) is 1. The number of hydrogen-bond donors (Lipinski definition) is 3. The van der Waals surface area contributed by atoms with E-state index in [1.165, 1.54) is 12.0 Å². The third kappa shape index (κ3) is 1.64. The Hall–Kier alpha value is -1.39. The van der Waals surface area contributed by atoms with Gasteiger partial charge in [0.25, 0.3) is 0 Å². The fraction of sp³-hybridized carbons (Fsp3) is 0.500. The minimum atomic E-state index is 0.0163. The van der Waals surface area contributed by atoms with E-state index in [9.17, 15) is 5.11 Å². The molecule has 0 bridgehead atoms. The summed E-state index contributed by atoms with van der Waals surface area (Å²) in [4.78, 5) is 7.38. The Morgan fingerprint density at radius 1 is 1.50 bits per heavy atom. The smallest absolute Gasteiger partial charge is 0.0931 e. The van der Waals surface area contributed by atoms with Gasteiger partial charge in [-0.15, -0.1) is 0 Å². The zero-order valence-electron chi connectivity index (χ0n) is 10.6. The summed E-state index contributed by atoms with van der Waals surface area (Å²) >= 11 is 0. The van der Waals surface area contributed by atoms with Crippen molar-refractivity contribution in [1.82, 2.24) is 15.3 Å². The van der Waals surface area contributed by atoms with Crippen LogP contribution in [-0.2, 0) is 0 Å². The number of H-pyrrole nitrogens is 1. The topological polar surface area (TPSA) is 60.9 Å². The van der Waals surface area contributed by atoms with Crippen LogP contribution in [0.25, 0.3) is 11.0 Å². The zero-order chi connectivity index (χ0) is 12.6. The van der Waals surface area contributed by atoms with E-state index in [-0.39, 0.29) is 18.1 Å². The van der Waals surface area contributed by atoms with Crippen LogP contribution in [0, 0.1) is 5.41 Å². The quantitative estimate of drug-likeness (QED) is 0.772. The van der Waals surface area contributed by atoms with Gasteiger partial charge >= 0.3 is 0 Å². The highest BCUT2D eigenvalue weighted by Crippen LogP contribution is 2.49. The normalized spacial score (nSPS) is 19.7. The molecule has 2 aromatic rings. The molecule has 18 heavy (non-hydrogen) atoms.